The summed E-state index contributed by atoms with van der Waals surface area (Å²) in [5, 5.41) is 8.75. The molecule has 3 nitrogen and oxygen atoms in total. The lowest BCUT2D eigenvalue weighted by atomic mass is 9.49. The molecule has 5 rings (SSSR count). The number of carbonyl (C=O) groups excluding carboxylic acids is 1. The standard InChI is InChI=1S/C23H30FNO2/c1-25(15-23-10-17-6-18(11-23)8-19(7-17)12-23)13-20-4-2-16(9-22(20)24)3-5-21(27)14-26/h2-5,9,17-19,26H,6-8,10-15H2,1H3/b5-3+. The van der Waals surface area contributed by atoms with Crippen LogP contribution in [-0.4, -0.2) is 36.0 Å². The van der Waals surface area contributed by atoms with Crippen molar-refractivity contribution in [3.05, 3.63) is 41.2 Å². The van der Waals surface area contributed by atoms with Crippen molar-refractivity contribution in [1.82, 2.24) is 4.90 Å². The highest BCUT2D eigenvalue weighted by molar-refractivity contribution is 5.94. The van der Waals surface area contributed by atoms with Gasteiger partial charge in [-0.3, -0.25) is 4.79 Å². The maximum atomic E-state index is 14.5. The summed E-state index contributed by atoms with van der Waals surface area (Å²) in [5.74, 6) is 2.21. The molecular weight excluding hydrogens is 341 g/mol. The minimum Gasteiger partial charge on any atom is -0.388 e. The van der Waals surface area contributed by atoms with Gasteiger partial charge in [0.05, 0.1) is 0 Å². The van der Waals surface area contributed by atoms with E-state index in [1.54, 1.807) is 6.08 Å². The van der Waals surface area contributed by atoms with Crippen LogP contribution >= 0.6 is 0 Å². The molecule has 4 fully saturated rings. The summed E-state index contributed by atoms with van der Waals surface area (Å²) in [7, 11) is 2.12. The van der Waals surface area contributed by atoms with Crippen molar-refractivity contribution in [2.45, 2.75) is 45.1 Å². The lowest BCUT2D eigenvalue weighted by Crippen LogP contribution is -2.50. The van der Waals surface area contributed by atoms with Gasteiger partial charge in [0, 0.05) is 18.7 Å². The molecular formula is C23H30FNO2. The zero-order chi connectivity index (χ0) is 19.0. The molecule has 0 atom stereocenters. The summed E-state index contributed by atoms with van der Waals surface area (Å²) in [6.45, 7) is 1.17. The second kappa shape index (κ2) is 7.48. The predicted octanol–water partition coefficient (Wildman–Crippen LogP) is 4.05. The highest BCUT2D eigenvalue weighted by Crippen LogP contribution is 2.60. The number of hydrogen-bond donors (Lipinski definition) is 1. The molecule has 4 saturated carbocycles. The fourth-order valence-corrected chi connectivity index (χ4v) is 6.44. The van der Waals surface area contributed by atoms with Crippen molar-refractivity contribution in [1.29, 1.82) is 0 Å². The van der Waals surface area contributed by atoms with Gasteiger partial charge < -0.3 is 10.0 Å². The average Bonchev–Trinajstić information content (AvgIpc) is 2.60. The van der Waals surface area contributed by atoms with Gasteiger partial charge in [-0.05, 0) is 86.4 Å². The molecule has 4 bridgehead atoms. The minimum atomic E-state index is -0.522. The fraction of sp³-hybridized carbons (Fsp3) is 0.609. The van der Waals surface area contributed by atoms with E-state index in [1.807, 2.05) is 12.1 Å². The highest BCUT2D eigenvalue weighted by atomic mass is 19.1. The molecule has 0 spiro atoms. The second-order valence-corrected chi connectivity index (χ2v) is 9.40. The van der Waals surface area contributed by atoms with E-state index in [4.69, 9.17) is 5.11 Å². The summed E-state index contributed by atoms with van der Waals surface area (Å²) < 4.78 is 14.5. The molecule has 0 aromatic heterocycles. The maximum Gasteiger partial charge on any atom is 0.181 e. The van der Waals surface area contributed by atoms with E-state index >= 15 is 0 Å². The smallest absolute Gasteiger partial charge is 0.181 e. The Balaban J connectivity index is 1.39. The quantitative estimate of drug-likeness (QED) is 0.735. The monoisotopic (exact) mass is 371 g/mol. The number of halogens is 1. The Morgan fingerprint density at radius 2 is 1.85 bits per heavy atom. The van der Waals surface area contributed by atoms with Crippen LogP contribution in [0.15, 0.2) is 24.3 Å². The summed E-state index contributed by atoms with van der Waals surface area (Å²) >= 11 is 0. The lowest BCUT2D eigenvalue weighted by molar-refractivity contribution is -0.117. The van der Waals surface area contributed by atoms with Crippen LogP contribution in [-0.2, 0) is 11.3 Å². The first kappa shape index (κ1) is 18.8. The van der Waals surface area contributed by atoms with Crippen LogP contribution in [0.25, 0.3) is 6.08 Å². The van der Waals surface area contributed by atoms with Crippen LogP contribution < -0.4 is 0 Å². The third kappa shape index (κ3) is 4.17. The van der Waals surface area contributed by atoms with Crippen molar-refractivity contribution < 1.29 is 14.3 Å². The van der Waals surface area contributed by atoms with E-state index in [2.05, 4.69) is 11.9 Å². The molecule has 1 aromatic carbocycles. The molecule has 0 radical (unpaired) electrons. The number of nitrogens with zero attached hydrogens (tertiary/aromatic N) is 1. The molecule has 0 amide bonds. The zero-order valence-corrected chi connectivity index (χ0v) is 16.2. The van der Waals surface area contributed by atoms with Crippen LogP contribution in [0.5, 0.6) is 0 Å². The van der Waals surface area contributed by atoms with Gasteiger partial charge in [0.1, 0.15) is 12.4 Å². The van der Waals surface area contributed by atoms with Crippen LogP contribution in [0.2, 0.25) is 0 Å². The number of aliphatic hydroxyl groups excluding tert-OH is 1. The van der Waals surface area contributed by atoms with Gasteiger partial charge in [-0.15, -0.1) is 0 Å². The van der Waals surface area contributed by atoms with Crippen molar-refractivity contribution in [2.24, 2.45) is 23.2 Å². The van der Waals surface area contributed by atoms with Crippen molar-refractivity contribution in [3.63, 3.8) is 0 Å². The zero-order valence-electron chi connectivity index (χ0n) is 16.2. The first-order valence-electron chi connectivity index (χ1n) is 10.2. The molecule has 146 valence electrons. The summed E-state index contributed by atoms with van der Waals surface area (Å²) in [5.41, 5.74) is 1.81. The number of rotatable bonds is 7. The molecule has 4 aliphatic carbocycles. The molecule has 0 aliphatic heterocycles. The molecule has 1 aromatic rings. The number of aliphatic hydroxyl groups is 1. The van der Waals surface area contributed by atoms with E-state index in [0.717, 1.165) is 24.3 Å². The first-order chi connectivity index (χ1) is 12.9. The molecule has 1 N–H and O–H groups in total. The summed E-state index contributed by atoms with van der Waals surface area (Å²) in [4.78, 5) is 13.4. The summed E-state index contributed by atoms with van der Waals surface area (Å²) in [6.07, 6.45) is 11.3. The van der Waals surface area contributed by atoms with Crippen LogP contribution in [0, 0.1) is 29.0 Å². The van der Waals surface area contributed by atoms with Gasteiger partial charge in [0.15, 0.2) is 5.78 Å². The Kier molecular flexibility index (Phi) is 5.21. The van der Waals surface area contributed by atoms with Gasteiger partial charge >= 0.3 is 0 Å². The molecule has 27 heavy (non-hydrogen) atoms. The van der Waals surface area contributed by atoms with Crippen molar-refractivity contribution in [2.75, 3.05) is 20.2 Å². The van der Waals surface area contributed by atoms with E-state index in [9.17, 15) is 9.18 Å². The average molecular weight is 371 g/mol. The van der Waals surface area contributed by atoms with Gasteiger partial charge in [-0.1, -0.05) is 18.2 Å². The van der Waals surface area contributed by atoms with Gasteiger partial charge in [0.2, 0.25) is 0 Å². The summed E-state index contributed by atoms with van der Waals surface area (Å²) in [6, 6.07) is 5.11. The Morgan fingerprint density at radius 3 is 2.41 bits per heavy atom. The second-order valence-electron chi connectivity index (χ2n) is 9.40. The normalized spacial score (nSPS) is 31.9. The fourth-order valence-electron chi connectivity index (χ4n) is 6.44. The van der Waals surface area contributed by atoms with Crippen molar-refractivity contribution >= 4 is 11.9 Å². The van der Waals surface area contributed by atoms with Gasteiger partial charge in [0.25, 0.3) is 0 Å². The van der Waals surface area contributed by atoms with E-state index in [1.165, 1.54) is 50.7 Å². The third-order valence-electron chi connectivity index (χ3n) is 6.91. The molecule has 0 saturated heterocycles. The van der Waals surface area contributed by atoms with E-state index < -0.39 is 6.61 Å². The Bertz CT molecular complexity index is 707. The SMILES string of the molecule is CN(Cc1ccc(/C=C/C(=O)CO)cc1F)CC12CC3CC(CC(C3)C1)C2. The Morgan fingerprint density at radius 1 is 1.22 bits per heavy atom. The molecule has 0 unspecified atom stereocenters. The molecule has 0 heterocycles. The highest BCUT2D eigenvalue weighted by Gasteiger charge is 2.50. The molecule has 4 heteroatoms. The largest absolute Gasteiger partial charge is 0.388 e. The third-order valence-corrected chi connectivity index (χ3v) is 6.91. The van der Waals surface area contributed by atoms with Gasteiger partial charge in [-0.2, -0.15) is 0 Å². The number of benzene rings is 1. The molecule has 4 aliphatic rings. The van der Waals surface area contributed by atoms with Crippen LogP contribution in [0.4, 0.5) is 4.39 Å². The Hall–Kier alpha value is -1.52. The minimum absolute atomic E-state index is 0.231. The van der Waals surface area contributed by atoms with E-state index in [-0.39, 0.29) is 11.6 Å². The number of ketones is 1. The van der Waals surface area contributed by atoms with Crippen molar-refractivity contribution in [3.8, 4) is 0 Å². The number of carbonyl (C=O) groups is 1. The van der Waals surface area contributed by atoms with Crippen LogP contribution in [0.3, 0.4) is 0 Å². The topological polar surface area (TPSA) is 40.5 Å². The first-order valence-corrected chi connectivity index (χ1v) is 10.2. The Labute approximate surface area is 161 Å². The predicted molar refractivity (Wildman–Crippen MR) is 104 cm³/mol. The number of hydrogen-bond acceptors (Lipinski definition) is 3. The van der Waals surface area contributed by atoms with Gasteiger partial charge in [-0.25, -0.2) is 4.39 Å². The lowest BCUT2D eigenvalue weighted by Gasteiger charge is -2.57. The van der Waals surface area contributed by atoms with Crippen LogP contribution in [0.1, 0.15) is 49.7 Å². The maximum absolute atomic E-state index is 14.5. The van der Waals surface area contributed by atoms with E-state index in [0.29, 0.717) is 23.1 Å².